The fourth-order valence-corrected chi connectivity index (χ4v) is 2.63. The lowest BCUT2D eigenvalue weighted by atomic mass is 10.0. The number of rotatable bonds is 7. The van der Waals surface area contributed by atoms with Crippen molar-refractivity contribution in [1.29, 1.82) is 0 Å². The molecule has 1 aliphatic rings. The van der Waals surface area contributed by atoms with Crippen LogP contribution >= 0.6 is 0 Å². The molecule has 0 aromatic rings. The third kappa shape index (κ3) is 5.38. The first kappa shape index (κ1) is 15.5. The van der Waals surface area contributed by atoms with Gasteiger partial charge in [-0.3, -0.25) is 4.79 Å². The van der Waals surface area contributed by atoms with Gasteiger partial charge in [-0.1, -0.05) is 26.7 Å². The van der Waals surface area contributed by atoms with Gasteiger partial charge in [-0.15, -0.1) is 0 Å². The molecule has 0 aromatic carbocycles. The molecule has 3 heteroatoms. The summed E-state index contributed by atoms with van der Waals surface area (Å²) in [6.07, 6.45) is 6.03. The Morgan fingerprint density at radius 2 is 1.72 bits per heavy atom. The van der Waals surface area contributed by atoms with Crippen LogP contribution in [0.5, 0.6) is 0 Å². The van der Waals surface area contributed by atoms with E-state index >= 15 is 0 Å². The van der Waals surface area contributed by atoms with E-state index in [9.17, 15) is 4.79 Å². The zero-order valence-corrected chi connectivity index (χ0v) is 12.5. The molecule has 1 fully saturated rings. The first-order chi connectivity index (χ1) is 8.50. The summed E-state index contributed by atoms with van der Waals surface area (Å²) >= 11 is 0. The average molecular weight is 254 g/mol. The van der Waals surface area contributed by atoms with Gasteiger partial charge in [-0.25, -0.2) is 0 Å². The lowest BCUT2D eigenvalue weighted by Crippen LogP contribution is -2.46. The maximum Gasteiger partial charge on any atom is 0.239 e. The van der Waals surface area contributed by atoms with E-state index in [1.54, 1.807) is 0 Å². The fourth-order valence-electron chi connectivity index (χ4n) is 2.63. The summed E-state index contributed by atoms with van der Waals surface area (Å²) in [5.41, 5.74) is 0. The Morgan fingerprint density at radius 1 is 1.11 bits per heavy atom. The van der Waals surface area contributed by atoms with Crippen molar-refractivity contribution in [3.05, 3.63) is 0 Å². The van der Waals surface area contributed by atoms with Crippen LogP contribution < -0.4 is 5.32 Å². The van der Waals surface area contributed by atoms with Crippen LogP contribution in [-0.2, 0) is 4.79 Å². The van der Waals surface area contributed by atoms with Gasteiger partial charge in [0.1, 0.15) is 0 Å². The smallest absolute Gasteiger partial charge is 0.239 e. The van der Waals surface area contributed by atoms with E-state index in [2.05, 4.69) is 26.1 Å². The van der Waals surface area contributed by atoms with Crippen molar-refractivity contribution < 1.29 is 4.79 Å². The van der Waals surface area contributed by atoms with Crippen molar-refractivity contribution in [3.63, 3.8) is 0 Å². The molecular formula is C15H30N2O. The van der Waals surface area contributed by atoms with Gasteiger partial charge in [0.2, 0.25) is 5.91 Å². The van der Waals surface area contributed by atoms with Crippen LogP contribution in [0.15, 0.2) is 0 Å². The Bertz CT molecular complexity index is 247. The van der Waals surface area contributed by atoms with E-state index in [1.165, 1.54) is 25.7 Å². The van der Waals surface area contributed by atoms with Crippen molar-refractivity contribution in [1.82, 2.24) is 10.2 Å². The summed E-state index contributed by atoms with van der Waals surface area (Å²) in [6, 6.07) is 0.405. The summed E-state index contributed by atoms with van der Waals surface area (Å²) in [5.74, 6) is 1.06. The highest BCUT2D eigenvalue weighted by molar-refractivity contribution is 5.81. The summed E-state index contributed by atoms with van der Waals surface area (Å²) in [7, 11) is 0. The quantitative estimate of drug-likeness (QED) is 0.757. The Balaban J connectivity index is 2.21. The average Bonchev–Trinajstić information content (AvgIpc) is 2.80. The molecule has 1 amide bonds. The van der Waals surface area contributed by atoms with Crippen LogP contribution in [0.1, 0.15) is 59.8 Å². The minimum absolute atomic E-state index is 0.0304. The molecule has 1 N–H and O–H groups in total. The highest BCUT2D eigenvalue weighted by Crippen LogP contribution is 2.11. The Hall–Kier alpha value is -0.570. The van der Waals surface area contributed by atoms with E-state index in [1.807, 2.05) is 11.8 Å². The van der Waals surface area contributed by atoms with Crippen molar-refractivity contribution in [3.8, 4) is 0 Å². The first-order valence-electron chi connectivity index (χ1n) is 7.55. The number of carbonyl (C=O) groups excluding carboxylic acids is 1. The molecule has 0 bridgehead atoms. The second kappa shape index (κ2) is 7.78. The van der Waals surface area contributed by atoms with Gasteiger partial charge in [0.25, 0.3) is 0 Å². The summed E-state index contributed by atoms with van der Waals surface area (Å²) in [6.45, 7) is 10.6. The number of hydrogen-bond donors (Lipinski definition) is 1. The highest BCUT2D eigenvalue weighted by atomic mass is 16.2. The van der Waals surface area contributed by atoms with Crippen LogP contribution in [0.4, 0.5) is 0 Å². The third-order valence-corrected chi connectivity index (χ3v) is 3.74. The molecule has 1 aliphatic heterocycles. The maximum absolute atomic E-state index is 12.1. The van der Waals surface area contributed by atoms with Crippen LogP contribution in [-0.4, -0.2) is 36.0 Å². The molecule has 106 valence electrons. The molecule has 0 aliphatic carbocycles. The molecule has 3 nitrogen and oxygen atoms in total. The maximum atomic E-state index is 12.1. The summed E-state index contributed by atoms with van der Waals surface area (Å²) < 4.78 is 0. The lowest BCUT2D eigenvalue weighted by Gasteiger charge is -2.24. The Labute approximate surface area is 112 Å². The van der Waals surface area contributed by atoms with Crippen LogP contribution in [0, 0.1) is 5.92 Å². The lowest BCUT2D eigenvalue weighted by molar-refractivity contribution is -0.132. The van der Waals surface area contributed by atoms with Crippen LogP contribution in [0.3, 0.4) is 0 Å². The zero-order chi connectivity index (χ0) is 13.5. The molecule has 0 aromatic heterocycles. The topological polar surface area (TPSA) is 32.3 Å². The number of amides is 1. The molecule has 2 unspecified atom stereocenters. The number of nitrogens with zero attached hydrogens (tertiary/aromatic N) is 1. The van der Waals surface area contributed by atoms with E-state index in [4.69, 9.17) is 0 Å². The molecule has 1 rings (SSSR count). The van der Waals surface area contributed by atoms with E-state index in [0.29, 0.717) is 6.04 Å². The van der Waals surface area contributed by atoms with Gasteiger partial charge >= 0.3 is 0 Å². The standard InChI is InChI=1S/C15H30N2O/c1-12(2)8-7-9-13(3)16-14(4)15(18)17-10-5-6-11-17/h12-14,16H,5-11H2,1-4H3. The summed E-state index contributed by atoms with van der Waals surface area (Å²) in [5, 5.41) is 3.44. The molecule has 0 saturated carbocycles. The molecule has 1 saturated heterocycles. The largest absolute Gasteiger partial charge is 0.341 e. The monoisotopic (exact) mass is 254 g/mol. The van der Waals surface area contributed by atoms with E-state index in [-0.39, 0.29) is 11.9 Å². The second-order valence-corrected chi connectivity index (χ2v) is 6.15. The minimum Gasteiger partial charge on any atom is -0.341 e. The fraction of sp³-hybridized carbons (Fsp3) is 0.933. The number of likely N-dealkylation sites (tertiary alicyclic amines) is 1. The van der Waals surface area contributed by atoms with Gasteiger partial charge in [0.05, 0.1) is 6.04 Å². The van der Waals surface area contributed by atoms with Gasteiger partial charge in [-0.2, -0.15) is 0 Å². The predicted molar refractivity (Wildman–Crippen MR) is 76.6 cm³/mol. The van der Waals surface area contributed by atoms with Crippen molar-refractivity contribution in [2.75, 3.05) is 13.1 Å². The van der Waals surface area contributed by atoms with Gasteiger partial charge in [-0.05, 0) is 39.0 Å². The van der Waals surface area contributed by atoms with Crippen LogP contribution in [0.2, 0.25) is 0 Å². The SMILES string of the molecule is CC(C)CCCC(C)NC(C)C(=O)N1CCCC1. The van der Waals surface area contributed by atoms with Gasteiger partial charge in [0, 0.05) is 19.1 Å². The number of carbonyl (C=O) groups is 1. The van der Waals surface area contributed by atoms with Gasteiger partial charge in [0.15, 0.2) is 0 Å². The van der Waals surface area contributed by atoms with Crippen molar-refractivity contribution in [2.45, 2.75) is 71.9 Å². The molecule has 1 heterocycles. The number of nitrogens with one attached hydrogen (secondary N) is 1. The molecular weight excluding hydrogens is 224 g/mol. The Kier molecular flexibility index (Phi) is 6.69. The zero-order valence-electron chi connectivity index (χ0n) is 12.5. The second-order valence-electron chi connectivity index (χ2n) is 6.15. The summed E-state index contributed by atoms with van der Waals surface area (Å²) in [4.78, 5) is 14.1. The normalized spacial score (nSPS) is 19.3. The Morgan fingerprint density at radius 3 is 2.28 bits per heavy atom. The molecule has 0 spiro atoms. The van der Waals surface area contributed by atoms with Crippen molar-refractivity contribution >= 4 is 5.91 Å². The molecule has 0 radical (unpaired) electrons. The molecule has 2 atom stereocenters. The molecule has 18 heavy (non-hydrogen) atoms. The van der Waals surface area contributed by atoms with E-state index in [0.717, 1.165) is 25.4 Å². The third-order valence-electron chi connectivity index (χ3n) is 3.74. The highest BCUT2D eigenvalue weighted by Gasteiger charge is 2.23. The predicted octanol–water partition coefficient (Wildman–Crippen LogP) is 2.80. The van der Waals surface area contributed by atoms with Crippen LogP contribution in [0.25, 0.3) is 0 Å². The minimum atomic E-state index is -0.0304. The number of hydrogen-bond acceptors (Lipinski definition) is 2. The first-order valence-corrected chi connectivity index (χ1v) is 7.55. The van der Waals surface area contributed by atoms with Gasteiger partial charge < -0.3 is 10.2 Å². The van der Waals surface area contributed by atoms with Crippen molar-refractivity contribution in [2.24, 2.45) is 5.92 Å². The van der Waals surface area contributed by atoms with E-state index < -0.39 is 0 Å².